The Morgan fingerprint density at radius 2 is 1.95 bits per heavy atom. The molecule has 0 spiro atoms. The predicted octanol–water partition coefficient (Wildman–Crippen LogP) is 2.74. The average molecular weight is 290 g/mol. The van der Waals surface area contributed by atoms with E-state index in [1.807, 2.05) is 6.07 Å². The molecular formula is C15H18N2O4. The monoisotopic (exact) mass is 290 g/mol. The van der Waals surface area contributed by atoms with E-state index in [4.69, 9.17) is 18.6 Å². The second kappa shape index (κ2) is 6.05. The Morgan fingerprint density at radius 1 is 1.24 bits per heavy atom. The van der Waals surface area contributed by atoms with E-state index in [0.29, 0.717) is 29.8 Å². The van der Waals surface area contributed by atoms with Gasteiger partial charge < -0.3 is 23.9 Å². The minimum Gasteiger partial charge on any atom is -0.493 e. The highest BCUT2D eigenvalue weighted by molar-refractivity contribution is 5.52. The first kappa shape index (κ1) is 13.8. The van der Waals surface area contributed by atoms with E-state index in [1.165, 1.54) is 12.8 Å². The largest absolute Gasteiger partial charge is 0.493 e. The highest BCUT2D eigenvalue weighted by Crippen LogP contribution is 2.39. The molecule has 21 heavy (non-hydrogen) atoms. The summed E-state index contributed by atoms with van der Waals surface area (Å²) in [6.45, 7) is 0.681. The van der Waals surface area contributed by atoms with Crippen molar-refractivity contribution in [2.75, 3.05) is 14.2 Å². The molecule has 0 radical (unpaired) electrons. The van der Waals surface area contributed by atoms with Crippen LogP contribution in [0.5, 0.6) is 23.3 Å². The Morgan fingerprint density at radius 3 is 2.57 bits per heavy atom. The van der Waals surface area contributed by atoms with Crippen molar-refractivity contribution in [1.29, 1.82) is 0 Å². The van der Waals surface area contributed by atoms with Crippen LogP contribution in [-0.2, 0) is 6.54 Å². The number of rotatable bonds is 7. The zero-order valence-electron chi connectivity index (χ0n) is 12.1. The van der Waals surface area contributed by atoms with Crippen molar-refractivity contribution in [1.82, 2.24) is 10.3 Å². The van der Waals surface area contributed by atoms with Crippen LogP contribution in [0.15, 0.2) is 28.9 Å². The minimum atomic E-state index is 0.172. The van der Waals surface area contributed by atoms with E-state index in [0.717, 1.165) is 5.69 Å². The van der Waals surface area contributed by atoms with Crippen molar-refractivity contribution in [3.8, 4) is 23.3 Å². The standard InChI is InChI=1S/C15H18N2O4/c1-18-12-4-3-5-13(19-2)14(12)21-15-17-11(9-20-15)8-16-10-6-7-10/h3-5,9-10,16H,6-8H2,1-2H3. The van der Waals surface area contributed by atoms with Gasteiger partial charge in [-0.3, -0.25) is 0 Å². The maximum absolute atomic E-state index is 5.67. The van der Waals surface area contributed by atoms with Crippen LogP contribution in [0.4, 0.5) is 0 Å². The Bertz CT molecular complexity index is 585. The molecule has 1 saturated carbocycles. The zero-order valence-corrected chi connectivity index (χ0v) is 12.1. The Hall–Kier alpha value is -2.21. The number of nitrogens with one attached hydrogen (secondary N) is 1. The first-order valence-electron chi connectivity index (χ1n) is 6.87. The van der Waals surface area contributed by atoms with Crippen LogP contribution in [0, 0.1) is 0 Å². The summed E-state index contributed by atoms with van der Waals surface area (Å²) in [6, 6.07) is 6.03. The maximum Gasteiger partial charge on any atom is 0.399 e. The number of oxazole rings is 1. The van der Waals surface area contributed by atoms with Crippen LogP contribution >= 0.6 is 0 Å². The number of para-hydroxylation sites is 1. The van der Waals surface area contributed by atoms with Crippen LogP contribution in [0.25, 0.3) is 0 Å². The molecule has 112 valence electrons. The van der Waals surface area contributed by atoms with Gasteiger partial charge in [0.2, 0.25) is 5.75 Å². The predicted molar refractivity (Wildman–Crippen MR) is 76.0 cm³/mol. The Balaban J connectivity index is 1.73. The highest BCUT2D eigenvalue weighted by Gasteiger charge is 2.21. The lowest BCUT2D eigenvalue weighted by atomic mass is 10.3. The molecule has 0 saturated heterocycles. The molecule has 1 aliphatic carbocycles. The molecular weight excluding hydrogens is 272 g/mol. The molecule has 0 atom stereocenters. The number of ether oxygens (including phenoxy) is 3. The lowest BCUT2D eigenvalue weighted by molar-refractivity contribution is 0.292. The summed E-state index contributed by atoms with van der Waals surface area (Å²) < 4.78 is 21.5. The summed E-state index contributed by atoms with van der Waals surface area (Å²) in [4.78, 5) is 4.29. The first-order valence-corrected chi connectivity index (χ1v) is 6.87. The normalized spacial score (nSPS) is 14.0. The van der Waals surface area contributed by atoms with Gasteiger partial charge >= 0.3 is 6.08 Å². The second-order valence-corrected chi connectivity index (χ2v) is 4.85. The van der Waals surface area contributed by atoms with Crippen molar-refractivity contribution in [3.05, 3.63) is 30.2 Å². The van der Waals surface area contributed by atoms with Crippen LogP contribution in [-0.4, -0.2) is 25.2 Å². The van der Waals surface area contributed by atoms with Crippen molar-refractivity contribution in [2.24, 2.45) is 0 Å². The molecule has 6 heteroatoms. The molecule has 1 N–H and O–H groups in total. The van der Waals surface area contributed by atoms with Crippen LogP contribution in [0.2, 0.25) is 0 Å². The van der Waals surface area contributed by atoms with Gasteiger partial charge in [0.15, 0.2) is 11.5 Å². The second-order valence-electron chi connectivity index (χ2n) is 4.85. The summed E-state index contributed by atoms with van der Waals surface area (Å²) in [5.74, 6) is 1.57. The van der Waals surface area contributed by atoms with Crippen molar-refractivity contribution < 1.29 is 18.6 Å². The summed E-state index contributed by atoms with van der Waals surface area (Å²) in [7, 11) is 3.14. The molecule has 1 aliphatic rings. The number of hydrogen-bond donors (Lipinski definition) is 1. The van der Waals surface area contributed by atoms with Gasteiger partial charge in [-0.2, -0.15) is 4.98 Å². The van der Waals surface area contributed by atoms with E-state index in [9.17, 15) is 0 Å². The minimum absolute atomic E-state index is 0.172. The Labute approximate surface area is 123 Å². The van der Waals surface area contributed by atoms with Gasteiger partial charge in [0, 0.05) is 12.6 Å². The lowest BCUT2D eigenvalue weighted by Crippen LogP contribution is -2.15. The molecule has 1 heterocycles. The summed E-state index contributed by atoms with van der Waals surface area (Å²) in [5.41, 5.74) is 0.811. The van der Waals surface area contributed by atoms with E-state index in [2.05, 4.69) is 10.3 Å². The van der Waals surface area contributed by atoms with Gasteiger partial charge in [0.25, 0.3) is 0 Å². The first-order chi connectivity index (χ1) is 10.3. The molecule has 6 nitrogen and oxygen atoms in total. The molecule has 1 fully saturated rings. The number of aromatic nitrogens is 1. The summed E-state index contributed by atoms with van der Waals surface area (Å²) in [6.07, 6.45) is 4.23. The summed E-state index contributed by atoms with van der Waals surface area (Å²) in [5, 5.41) is 3.37. The van der Waals surface area contributed by atoms with Crippen LogP contribution in [0.3, 0.4) is 0 Å². The topological polar surface area (TPSA) is 65.8 Å². The fourth-order valence-electron chi connectivity index (χ4n) is 1.96. The fraction of sp³-hybridized carbons (Fsp3) is 0.400. The molecule has 1 aromatic heterocycles. The van der Waals surface area contributed by atoms with Gasteiger partial charge in [-0.15, -0.1) is 0 Å². The van der Waals surface area contributed by atoms with E-state index < -0.39 is 0 Å². The molecule has 2 aromatic rings. The van der Waals surface area contributed by atoms with Gasteiger partial charge in [-0.1, -0.05) is 6.07 Å². The quantitative estimate of drug-likeness (QED) is 0.845. The molecule has 3 rings (SSSR count). The average Bonchev–Trinajstić information content (AvgIpc) is 3.24. The van der Waals surface area contributed by atoms with Crippen molar-refractivity contribution in [2.45, 2.75) is 25.4 Å². The number of methoxy groups -OCH3 is 2. The van der Waals surface area contributed by atoms with Crippen LogP contribution in [0.1, 0.15) is 18.5 Å². The number of hydrogen-bond acceptors (Lipinski definition) is 6. The maximum atomic E-state index is 5.67. The molecule has 0 unspecified atom stereocenters. The molecule has 0 aliphatic heterocycles. The summed E-state index contributed by atoms with van der Waals surface area (Å²) >= 11 is 0. The van der Waals surface area contributed by atoms with E-state index in [-0.39, 0.29) is 6.08 Å². The van der Waals surface area contributed by atoms with Gasteiger partial charge in [-0.25, -0.2) is 0 Å². The molecule has 1 aromatic carbocycles. The zero-order chi connectivity index (χ0) is 14.7. The lowest BCUT2D eigenvalue weighted by Gasteiger charge is -2.11. The van der Waals surface area contributed by atoms with Crippen molar-refractivity contribution in [3.63, 3.8) is 0 Å². The van der Waals surface area contributed by atoms with E-state index in [1.54, 1.807) is 32.6 Å². The smallest absolute Gasteiger partial charge is 0.399 e. The van der Waals surface area contributed by atoms with E-state index >= 15 is 0 Å². The third-order valence-corrected chi connectivity index (χ3v) is 3.25. The third-order valence-electron chi connectivity index (χ3n) is 3.25. The van der Waals surface area contributed by atoms with Gasteiger partial charge in [0.05, 0.1) is 19.9 Å². The SMILES string of the molecule is COc1cccc(OC)c1Oc1nc(CNC2CC2)co1. The molecule has 0 amide bonds. The van der Waals surface area contributed by atoms with Gasteiger partial charge in [0.1, 0.15) is 6.26 Å². The third kappa shape index (κ3) is 3.28. The number of nitrogens with zero attached hydrogens (tertiary/aromatic N) is 1. The van der Waals surface area contributed by atoms with Crippen molar-refractivity contribution >= 4 is 0 Å². The Kier molecular flexibility index (Phi) is 3.96. The molecule has 0 bridgehead atoms. The number of benzene rings is 1. The van der Waals surface area contributed by atoms with Crippen LogP contribution < -0.4 is 19.5 Å². The fourth-order valence-corrected chi connectivity index (χ4v) is 1.96. The van der Waals surface area contributed by atoms with Gasteiger partial charge in [-0.05, 0) is 25.0 Å². The highest BCUT2D eigenvalue weighted by atomic mass is 16.6.